The molecule has 1 aromatic carbocycles. The molecule has 1 heterocycles. The van der Waals surface area contributed by atoms with Crippen LogP contribution in [-0.2, 0) is 18.4 Å². The highest BCUT2D eigenvalue weighted by molar-refractivity contribution is 5.93. The second kappa shape index (κ2) is 6.75. The van der Waals surface area contributed by atoms with Crippen LogP contribution in [-0.4, -0.2) is 34.2 Å². The van der Waals surface area contributed by atoms with Gasteiger partial charge in [-0.25, -0.2) is 0 Å². The van der Waals surface area contributed by atoms with E-state index in [2.05, 4.69) is 41.6 Å². The van der Waals surface area contributed by atoms with E-state index in [0.29, 0.717) is 6.54 Å². The van der Waals surface area contributed by atoms with Gasteiger partial charge in [0.05, 0.1) is 23.6 Å². The first-order valence-electron chi connectivity index (χ1n) is 7.41. The van der Waals surface area contributed by atoms with Crippen LogP contribution in [0.1, 0.15) is 22.5 Å². The van der Waals surface area contributed by atoms with E-state index in [1.165, 1.54) is 11.1 Å². The van der Waals surface area contributed by atoms with E-state index in [0.717, 1.165) is 23.6 Å². The lowest BCUT2D eigenvalue weighted by atomic mass is 10.1. The Bertz CT molecular complexity index is 658. The van der Waals surface area contributed by atoms with Crippen LogP contribution in [0.15, 0.2) is 24.3 Å². The van der Waals surface area contributed by atoms with E-state index in [-0.39, 0.29) is 5.91 Å². The summed E-state index contributed by atoms with van der Waals surface area (Å²) in [6.07, 6.45) is 0. The van der Waals surface area contributed by atoms with Crippen LogP contribution in [0.5, 0.6) is 0 Å². The molecule has 118 valence electrons. The highest BCUT2D eigenvalue weighted by atomic mass is 16.2. The zero-order valence-electron chi connectivity index (χ0n) is 14.0. The van der Waals surface area contributed by atoms with Crippen LogP contribution in [0.25, 0.3) is 0 Å². The maximum atomic E-state index is 12.2. The second-order valence-electron chi connectivity index (χ2n) is 5.88. The minimum Gasteiger partial charge on any atom is -0.322 e. The smallest absolute Gasteiger partial charge is 0.238 e. The Morgan fingerprint density at radius 2 is 1.86 bits per heavy atom. The summed E-state index contributed by atoms with van der Waals surface area (Å²) in [6, 6.07) is 8.37. The maximum absolute atomic E-state index is 12.2. The number of benzene rings is 1. The predicted octanol–water partition coefficient (Wildman–Crippen LogP) is 2.42. The summed E-state index contributed by atoms with van der Waals surface area (Å²) in [6.45, 7) is 7.02. The first kappa shape index (κ1) is 16.2. The van der Waals surface area contributed by atoms with E-state index >= 15 is 0 Å². The van der Waals surface area contributed by atoms with Gasteiger partial charge in [0.15, 0.2) is 0 Å². The van der Waals surface area contributed by atoms with Crippen molar-refractivity contribution in [2.75, 3.05) is 18.9 Å². The van der Waals surface area contributed by atoms with Gasteiger partial charge in [-0.15, -0.1) is 0 Å². The molecule has 5 heteroatoms. The minimum absolute atomic E-state index is 0.0196. The van der Waals surface area contributed by atoms with Crippen LogP contribution in [0.2, 0.25) is 0 Å². The van der Waals surface area contributed by atoms with Crippen LogP contribution >= 0.6 is 0 Å². The molecule has 0 unspecified atom stereocenters. The van der Waals surface area contributed by atoms with Crippen molar-refractivity contribution < 1.29 is 4.79 Å². The Morgan fingerprint density at radius 1 is 1.23 bits per heavy atom. The molecule has 1 aromatic heterocycles. The number of amides is 1. The van der Waals surface area contributed by atoms with Crippen molar-refractivity contribution in [1.82, 2.24) is 14.7 Å². The fourth-order valence-corrected chi connectivity index (χ4v) is 2.44. The molecule has 22 heavy (non-hydrogen) atoms. The number of carbonyl (C=O) groups excluding carboxylic acids is 1. The Morgan fingerprint density at radius 3 is 2.41 bits per heavy atom. The van der Waals surface area contributed by atoms with Gasteiger partial charge >= 0.3 is 0 Å². The predicted molar refractivity (Wildman–Crippen MR) is 88.8 cm³/mol. The van der Waals surface area contributed by atoms with Crippen molar-refractivity contribution in [3.8, 4) is 0 Å². The fourth-order valence-electron chi connectivity index (χ4n) is 2.44. The number of aromatic nitrogens is 2. The fraction of sp³-hybridized carbons (Fsp3) is 0.412. The van der Waals surface area contributed by atoms with Gasteiger partial charge in [-0.1, -0.05) is 29.8 Å². The third-order valence-corrected chi connectivity index (χ3v) is 3.76. The lowest BCUT2D eigenvalue weighted by molar-refractivity contribution is -0.117. The minimum atomic E-state index is -0.0196. The van der Waals surface area contributed by atoms with Crippen LogP contribution in [0.4, 0.5) is 5.69 Å². The lowest BCUT2D eigenvalue weighted by Crippen LogP contribution is -2.30. The monoisotopic (exact) mass is 300 g/mol. The van der Waals surface area contributed by atoms with Crippen molar-refractivity contribution >= 4 is 11.6 Å². The third-order valence-electron chi connectivity index (χ3n) is 3.76. The van der Waals surface area contributed by atoms with Crippen LogP contribution < -0.4 is 5.32 Å². The molecule has 0 atom stereocenters. The highest BCUT2D eigenvalue weighted by Crippen LogP contribution is 2.18. The number of aryl methyl sites for hydroxylation is 3. The molecule has 0 fully saturated rings. The number of anilines is 1. The van der Waals surface area contributed by atoms with E-state index in [4.69, 9.17) is 0 Å². The molecule has 1 amide bonds. The number of nitrogens with zero attached hydrogens (tertiary/aromatic N) is 3. The van der Waals surface area contributed by atoms with Gasteiger partial charge in [-0.3, -0.25) is 14.4 Å². The number of carbonyl (C=O) groups is 1. The largest absolute Gasteiger partial charge is 0.322 e. The van der Waals surface area contributed by atoms with Gasteiger partial charge in [-0.2, -0.15) is 5.10 Å². The molecule has 1 N–H and O–H groups in total. The average Bonchev–Trinajstić information content (AvgIpc) is 2.68. The average molecular weight is 300 g/mol. The summed E-state index contributed by atoms with van der Waals surface area (Å²) in [5, 5.41) is 7.27. The van der Waals surface area contributed by atoms with Crippen molar-refractivity contribution in [2.45, 2.75) is 27.3 Å². The van der Waals surface area contributed by atoms with E-state index in [9.17, 15) is 4.79 Å². The van der Waals surface area contributed by atoms with Crippen molar-refractivity contribution in [2.24, 2.45) is 7.05 Å². The quantitative estimate of drug-likeness (QED) is 0.922. The lowest BCUT2D eigenvalue weighted by Gasteiger charge is -2.16. The summed E-state index contributed by atoms with van der Waals surface area (Å²) in [5.41, 5.74) is 5.07. The molecule has 2 aromatic rings. The normalized spacial score (nSPS) is 11.0. The standard InChI is InChI=1S/C17H24N4O/c1-12-6-8-15(9-7-12)10-20(4)11-16(22)18-17-13(2)19-21(5)14(17)3/h6-9H,10-11H2,1-5H3,(H,18,22). The van der Waals surface area contributed by atoms with Crippen molar-refractivity contribution in [3.05, 3.63) is 46.8 Å². The van der Waals surface area contributed by atoms with E-state index in [1.807, 2.05) is 32.8 Å². The molecule has 0 aliphatic heterocycles. The maximum Gasteiger partial charge on any atom is 0.238 e. The second-order valence-corrected chi connectivity index (χ2v) is 5.88. The first-order chi connectivity index (χ1) is 10.4. The van der Waals surface area contributed by atoms with Gasteiger partial charge in [0.1, 0.15) is 0 Å². The molecule has 0 aliphatic rings. The molecule has 0 saturated carbocycles. The van der Waals surface area contributed by atoms with Gasteiger partial charge in [0.25, 0.3) is 0 Å². The number of hydrogen-bond acceptors (Lipinski definition) is 3. The van der Waals surface area contributed by atoms with Gasteiger partial charge in [0.2, 0.25) is 5.91 Å². The Labute approximate surface area is 131 Å². The molecule has 0 saturated heterocycles. The zero-order chi connectivity index (χ0) is 16.3. The summed E-state index contributed by atoms with van der Waals surface area (Å²) < 4.78 is 1.78. The Hall–Kier alpha value is -2.14. The number of nitrogens with one attached hydrogen (secondary N) is 1. The molecule has 0 bridgehead atoms. The number of hydrogen-bond donors (Lipinski definition) is 1. The number of likely N-dealkylation sites (N-methyl/N-ethyl adjacent to an activating group) is 1. The molecular weight excluding hydrogens is 276 g/mol. The van der Waals surface area contributed by atoms with Crippen molar-refractivity contribution in [1.29, 1.82) is 0 Å². The molecule has 0 aliphatic carbocycles. The highest BCUT2D eigenvalue weighted by Gasteiger charge is 2.13. The molecule has 0 spiro atoms. The Balaban J connectivity index is 1.92. The van der Waals surface area contributed by atoms with Gasteiger partial charge < -0.3 is 5.32 Å². The summed E-state index contributed by atoms with van der Waals surface area (Å²) >= 11 is 0. The Kier molecular flexibility index (Phi) is 4.98. The summed E-state index contributed by atoms with van der Waals surface area (Å²) in [5.74, 6) is -0.0196. The number of rotatable bonds is 5. The van der Waals surface area contributed by atoms with Crippen LogP contribution in [0, 0.1) is 20.8 Å². The van der Waals surface area contributed by atoms with Crippen molar-refractivity contribution in [3.63, 3.8) is 0 Å². The molecule has 0 radical (unpaired) electrons. The third kappa shape index (κ3) is 3.95. The zero-order valence-corrected chi connectivity index (χ0v) is 14.0. The molecular formula is C17H24N4O. The SMILES string of the molecule is Cc1ccc(CN(C)CC(=O)Nc2c(C)nn(C)c2C)cc1. The molecule has 2 rings (SSSR count). The molecule has 5 nitrogen and oxygen atoms in total. The van der Waals surface area contributed by atoms with E-state index < -0.39 is 0 Å². The topological polar surface area (TPSA) is 50.2 Å². The first-order valence-corrected chi connectivity index (χ1v) is 7.41. The van der Waals surface area contributed by atoms with Crippen LogP contribution in [0.3, 0.4) is 0 Å². The summed E-state index contributed by atoms with van der Waals surface area (Å²) in [4.78, 5) is 14.2. The van der Waals surface area contributed by atoms with Gasteiger partial charge in [-0.05, 0) is 33.4 Å². The summed E-state index contributed by atoms with van der Waals surface area (Å²) in [7, 11) is 3.82. The van der Waals surface area contributed by atoms with E-state index in [1.54, 1.807) is 4.68 Å². The van der Waals surface area contributed by atoms with Gasteiger partial charge in [0, 0.05) is 13.6 Å².